The van der Waals surface area contributed by atoms with Crippen LogP contribution in [0.5, 0.6) is 0 Å². The Labute approximate surface area is 256 Å². The van der Waals surface area contributed by atoms with Crippen molar-refractivity contribution in [1.82, 2.24) is 14.9 Å². The molecule has 9 nitrogen and oxygen atoms in total. The van der Waals surface area contributed by atoms with Gasteiger partial charge in [0.25, 0.3) is 0 Å². The summed E-state index contributed by atoms with van der Waals surface area (Å²) in [5.41, 5.74) is 10.8. The van der Waals surface area contributed by atoms with Crippen LogP contribution in [-0.4, -0.2) is 65.7 Å². The minimum atomic E-state index is -0.922. The third kappa shape index (κ3) is 15.0. The average Bonchev–Trinajstić information content (AvgIpc) is 2.97. The fourth-order valence-electron chi connectivity index (χ4n) is 4.20. The number of rotatable bonds is 16. The molecule has 1 aromatic heterocycles. The second kappa shape index (κ2) is 19.8. The van der Waals surface area contributed by atoms with Gasteiger partial charge in [-0.2, -0.15) is 4.98 Å². The van der Waals surface area contributed by atoms with Crippen molar-refractivity contribution in [1.29, 1.82) is 0 Å². The van der Waals surface area contributed by atoms with Crippen molar-refractivity contribution in [3.8, 4) is 0 Å². The maximum absolute atomic E-state index is 12.1. The normalized spacial score (nSPS) is 10.8. The number of hydrogen-bond donors (Lipinski definition) is 3. The zero-order valence-corrected chi connectivity index (χ0v) is 26.0. The highest BCUT2D eigenvalue weighted by molar-refractivity contribution is 5.85. The molecule has 0 bridgehead atoms. The van der Waals surface area contributed by atoms with E-state index in [1.165, 1.54) is 12.8 Å². The van der Waals surface area contributed by atoms with Gasteiger partial charge in [-0.15, -0.1) is 0 Å². The van der Waals surface area contributed by atoms with Gasteiger partial charge < -0.3 is 25.8 Å². The molecule has 43 heavy (non-hydrogen) atoms. The molecule has 0 spiro atoms. The van der Waals surface area contributed by atoms with E-state index in [0.29, 0.717) is 25.4 Å². The van der Waals surface area contributed by atoms with Gasteiger partial charge in [0, 0.05) is 30.3 Å². The van der Waals surface area contributed by atoms with Crippen LogP contribution in [0.15, 0.2) is 60.7 Å². The van der Waals surface area contributed by atoms with Crippen LogP contribution in [0.2, 0.25) is 0 Å². The van der Waals surface area contributed by atoms with E-state index in [4.69, 9.17) is 15.6 Å². The van der Waals surface area contributed by atoms with Gasteiger partial charge in [0.2, 0.25) is 5.95 Å². The van der Waals surface area contributed by atoms with Crippen molar-refractivity contribution < 1.29 is 19.4 Å². The molecule has 0 amide bonds. The smallest absolute Gasteiger partial charge is 0.328 e. The molecular formula is C34H47N5O4. The van der Waals surface area contributed by atoms with E-state index < -0.39 is 5.97 Å². The number of carboxylic acids is 1. The highest BCUT2D eigenvalue weighted by Crippen LogP contribution is 2.22. The van der Waals surface area contributed by atoms with Crippen LogP contribution in [-0.2, 0) is 27.2 Å². The number of aliphatic carboxylic acids is 1. The lowest BCUT2D eigenvalue weighted by atomic mass is 10.0. The molecule has 0 fully saturated rings. The molecule has 0 aliphatic carbocycles. The summed E-state index contributed by atoms with van der Waals surface area (Å²) in [6.07, 6.45) is 9.05. The summed E-state index contributed by atoms with van der Waals surface area (Å²) in [7, 11) is 4.09. The van der Waals surface area contributed by atoms with Gasteiger partial charge in [-0.3, -0.25) is 4.79 Å². The molecule has 1 heterocycles. The SMILES string of the molecule is CCCCCNc1nc(N)nc(C)c1Cc1ccc(CC(=O)OCCCCN(C)C)cc1.O=C(O)C=Cc1ccccc1. The number of nitrogens with two attached hydrogens (primary N) is 1. The van der Waals surface area contributed by atoms with Crippen molar-refractivity contribution in [2.75, 3.05) is 44.8 Å². The molecule has 9 heteroatoms. The summed E-state index contributed by atoms with van der Waals surface area (Å²) in [5, 5.41) is 11.7. The number of esters is 1. The van der Waals surface area contributed by atoms with E-state index >= 15 is 0 Å². The summed E-state index contributed by atoms with van der Waals surface area (Å²) in [6, 6.07) is 17.4. The molecule has 3 aromatic rings. The van der Waals surface area contributed by atoms with Crippen LogP contribution < -0.4 is 11.1 Å². The number of carbonyl (C=O) groups is 2. The van der Waals surface area contributed by atoms with Crippen LogP contribution >= 0.6 is 0 Å². The highest BCUT2D eigenvalue weighted by Gasteiger charge is 2.12. The molecule has 0 unspecified atom stereocenters. The third-order valence-electron chi connectivity index (χ3n) is 6.54. The number of unbranched alkanes of at least 4 members (excludes halogenated alkanes) is 3. The zero-order valence-electron chi connectivity index (χ0n) is 26.0. The van der Waals surface area contributed by atoms with Crippen molar-refractivity contribution in [2.24, 2.45) is 0 Å². The Morgan fingerprint density at radius 1 is 0.977 bits per heavy atom. The summed E-state index contributed by atoms with van der Waals surface area (Å²) in [6.45, 7) is 6.51. The summed E-state index contributed by atoms with van der Waals surface area (Å²) < 4.78 is 5.36. The minimum Gasteiger partial charge on any atom is -0.478 e. The Balaban J connectivity index is 0.000000490. The largest absolute Gasteiger partial charge is 0.478 e. The van der Waals surface area contributed by atoms with Gasteiger partial charge in [0.1, 0.15) is 5.82 Å². The molecule has 0 aliphatic rings. The van der Waals surface area contributed by atoms with Gasteiger partial charge in [-0.1, -0.05) is 74.4 Å². The van der Waals surface area contributed by atoms with Crippen LogP contribution in [0.4, 0.5) is 11.8 Å². The van der Waals surface area contributed by atoms with Gasteiger partial charge in [0.15, 0.2) is 0 Å². The summed E-state index contributed by atoms with van der Waals surface area (Å²) >= 11 is 0. The van der Waals surface area contributed by atoms with E-state index in [0.717, 1.165) is 72.2 Å². The molecule has 0 saturated heterocycles. The standard InChI is InChI=1S/C25H39N5O2.C9H8O2/c1-5-6-7-14-27-24-22(19(2)28-25(26)29-24)17-20-10-12-21(13-11-20)18-23(31)32-16-9-8-15-30(3)4;10-9(11)7-6-8-4-2-1-3-5-8/h10-13H,5-9,14-18H2,1-4H3,(H3,26,27,28,29);1-7H,(H,10,11). The molecular weight excluding hydrogens is 542 g/mol. The fourth-order valence-corrected chi connectivity index (χ4v) is 4.20. The number of aryl methyl sites for hydroxylation is 1. The summed E-state index contributed by atoms with van der Waals surface area (Å²) in [4.78, 5) is 33.1. The first-order valence-corrected chi connectivity index (χ1v) is 14.9. The van der Waals surface area contributed by atoms with Gasteiger partial charge in [-0.25, -0.2) is 9.78 Å². The van der Waals surface area contributed by atoms with Crippen LogP contribution in [0.1, 0.15) is 67.0 Å². The average molecular weight is 590 g/mol. The zero-order chi connectivity index (χ0) is 31.5. The number of nitrogens with one attached hydrogen (secondary N) is 1. The second-order valence-electron chi connectivity index (χ2n) is 10.6. The molecule has 2 aromatic carbocycles. The number of hydrogen-bond acceptors (Lipinski definition) is 8. The molecule has 3 rings (SSSR count). The number of nitrogen functional groups attached to an aromatic ring is 1. The predicted octanol–water partition coefficient (Wildman–Crippen LogP) is 5.77. The van der Waals surface area contributed by atoms with Crippen LogP contribution in [0.25, 0.3) is 6.08 Å². The lowest BCUT2D eigenvalue weighted by Crippen LogP contribution is -2.14. The van der Waals surface area contributed by atoms with Gasteiger partial charge >= 0.3 is 11.9 Å². The number of anilines is 2. The maximum Gasteiger partial charge on any atom is 0.328 e. The quantitative estimate of drug-likeness (QED) is 0.108. The Morgan fingerprint density at radius 2 is 1.67 bits per heavy atom. The van der Waals surface area contributed by atoms with Crippen molar-refractivity contribution >= 4 is 29.8 Å². The number of nitrogens with zero attached hydrogens (tertiary/aromatic N) is 3. The first-order chi connectivity index (χ1) is 20.7. The third-order valence-corrected chi connectivity index (χ3v) is 6.54. The minimum absolute atomic E-state index is 0.177. The van der Waals surface area contributed by atoms with Crippen LogP contribution in [0, 0.1) is 6.92 Å². The molecule has 0 radical (unpaired) electrons. The number of carboxylic acid groups (broad SMARTS) is 1. The maximum atomic E-state index is 12.1. The predicted molar refractivity (Wildman–Crippen MR) is 174 cm³/mol. The lowest BCUT2D eigenvalue weighted by Gasteiger charge is -2.14. The molecule has 0 aliphatic heterocycles. The number of carbonyl (C=O) groups excluding carboxylic acids is 1. The molecule has 0 atom stereocenters. The Bertz CT molecular complexity index is 1280. The highest BCUT2D eigenvalue weighted by atomic mass is 16.5. The number of benzene rings is 2. The first kappa shape index (κ1) is 35.0. The van der Waals surface area contributed by atoms with E-state index in [9.17, 15) is 9.59 Å². The topological polar surface area (TPSA) is 131 Å². The van der Waals surface area contributed by atoms with Gasteiger partial charge in [-0.05, 0) is 69.6 Å². The number of ether oxygens (including phenoxy) is 1. The van der Waals surface area contributed by atoms with E-state index in [-0.39, 0.29) is 5.97 Å². The summed E-state index contributed by atoms with van der Waals surface area (Å²) in [5.74, 6) is 0.00522. The van der Waals surface area contributed by atoms with Gasteiger partial charge in [0.05, 0.1) is 13.0 Å². The molecule has 0 saturated carbocycles. The van der Waals surface area contributed by atoms with Crippen LogP contribution in [0.3, 0.4) is 0 Å². The Hall–Kier alpha value is -4.24. The number of aromatic nitrogens is 2. The van der Waals surface area contributed by atoms with E-state index in [2.05, 4.69) is 39.2 Å². The molecule has 232 valence electrons. The molecule has 4 N–H and O–H groups in total. The van der Waals surface area contributed by atoms with E-state index in [1.807, 2.05) is 63.5 Å². The monoisotopic (exact) mass is 589 g/mol. The van der Waals surface area contributed by atoms with Crippen molar-refractivity contribution in [3.05, 3.63) is 88.6 Å². The second-order valence-corrected chi connectivity index (χ2v) is 10.6. The van der Waals surface area contributed by atoms with Crippen molar-refractivity contribution in [3.63, 3.8) is 0 Å². The Kier molecular flexibility index (Phi) is 16.1. The van der Waals surface area contributed by atoms with Crippen molar-refractivity contribution in [2.45, 2.75) is 58.8 Å². The Morgan fingerprint density at radius 3 is 2.33 bits per heavy atom. The van der Waals surface area contributed by atoms with E-state index in [1.54, 1.807) is 6.08 Å². The lowest BCUT2D eigenvalue weighted by molar-refractivity contribution is -0.143. The first-order valence-electron chi connectivity index (χ1n) is 14.9. The fraction of sp³-hybridized carbons (Fsp3) is 0.412.